The normalized spacial score (nSPS) is 15.7. The van der Waals surface area contributed by atoms with Crippen molar-refractivity contribution in [2.45, 2.75) is 59.4 Å². The number of nitrogens with zero attached hydrogens (tertiary/aromatic N) is 3. The highest BCUT2D eigenvalue weighted by Gasteiger charge is 2.35. The third-order valence-corrected chi connectivity index (χ3v) is 7.21. The van der Waals surface area contributed by atoms with Gasteiger partial charge in [-0.2, -0.15) is 0 Å². The number of rotatable bonds is 8. The number of aryl methyl sites for hydroxylation is 5. The van der Waals surface area contributed by atoms with Crippen molar-refractivity contribution in [1.82, 2.24) is 9.55 Å². The Kier molecular flexibility index (Phi) is 6.82. The molecule has 0 N–H and O–H groups in total. The third-order valence-electron chi connectivity index (χ3n) is 7.21. The zero-order chi connectivity index (χ0) is 25.2. The van der Waals surface area contributed by atoms with E-state index in [2.05, 4.69) is 86.9 Å². The number of hydrogen-bond acceptors (Lipinski definition) is 3. The van der Waals surface area contributed by atoms with E-state index in [9.17, 15) is 4.79 Å². The Labute approximate surface area is 213 Å². The molecule has 1 saturated heterocycles. The van der Waals surface area contributed by atoms with Gasteiger partial charge in [-0.05, 0) is 87.1 Å². The van der Waals surface area contributed by atoms with Gasteiger partial charge in [-0.15, -0.1) is 0 Å². The van der Waals surface area contributed by atoms with Gasteiger partial charge < -0.3 is 14.2 Å². The SMILES string of the molecule is Cc1ccc(C)c(OCCCCn2c(C3CC(=O)N(c4cc(C)ccc4C)C3)nc3ccccc32)c1. The lowest BCUT2D eigenvalue weighted by molar-refractivity contribution is -0.117. The van der Waals surface area contributed by atoms with Gasteiger partial charge in [0.15, 0.2) is 0 Å². The van der Waals surface area contributed by atoms with Crippen LogP contribution in [0.3, 0.4) is 0 Å². The van der Waals surface area contributed by atoms with E-state index in [1.54, 1.807) is 0 Å². The molecule has 36 heavy (non-hydrogen) atoms. The molecule has 1 unspecified atom stereocenters. The highest BCUT2D eigenvalue weighted by Crippen LogP contribution is 2.35. The molecule has 1 atom stereocenters. The molecule has 1 fully saturated rings. The molecular weight excluding hydrogens is 446 g/mol. The van der Waals surface area contributed by atoms with E-state index in [0.29, 0.717) is 19.6 Å². The molecule has 2 heterocycles. The topological polar surface area (TPSA) is 47.4 Å². The fraction of sp³-hybridized carbons (Fsp3) is 0.355. The fourth-order valence-electron chi connectivity index (χ4n) is 5.18. The Morgan fingerprint density at radius 2 is 1.67 bits per heavy atom. The Hall–Kier alpha value is -3.60. The highest BCUT2D eigenvalue weighted by molar-refractivity contribution is 5.97. The van der Waals surface area contributed by atoms with Crippen molar-refractivity contribution in [2.24, 2.45) is 0 Å². The molecule has 5 rings (SSSR count). The molecule has 3 aromatic carbocycles. The Morgan fingerprint density at radius 3 is 2.50 bits per heavy atom. The maximum absolute atomic E-state index is 13.1. The van der Waals surface area contributed by atoms with Crippen molar-refractivity contribution in [2.75, 3.05) is 18.1 Å². The number of carbonyl (C=O) groups is 1. The van der Waals surface area contributed by atoms with E-state index in [1.807, 2.05) is 11.0 Å². The van der Waals surface area contributed by atoms with E-state index in [-0.39, 0.29) is 11.8 Å². The van der Waals surface area contributed by atoms with Crippen LogP contribution >= 0.6 is 0 Å². The van der Waals surface area contributed by atoms with Gasteiger partial charge in [-0.1, -0.05) is 36.4 Å². The molecule has 0 bridgehead atoms. The molecule has 5 nitrogen and oxygen atoms in total. The largest absolute Gasteiger partial charge is 0.493 e. The number of unbranched alkanes of at least 4 members (excludes halogenated alkanes) is 1. The van der Waals surface area contributed by atoms with Crippen LogP contribution in [0.5, 0.6) is 5.75 Å². The average Bonchev–Trinajstić information content (AvgIpc) is 3.43. The highest BCUT2D eigenvalue weighted by atomic mass is 16.5. The third kappa shape index (κ3) is 4.88. The van der Waals surface area contributed by atoms with Gasteiger partial charge in [0.2, 0.25) is 5.91 Å². The Morgan fingerprint density at radius 1 is 0.917 bits per heavy atom. The number of amides is 1. The summed E-state index contributed by atoms with van der Waals surface area (Å²) < 4.78 is 8.41. The van der Waals surface area contributed by atoms with Crippen LogP contribution in [0.25, 0.3) is 11.0 Å². The molecule has 1 aliphatic heterocycles. The van der Waals surface area contributed by atoms with Crippen LogP contribution in [0.2, 0.25) is 0 Å². The molecule has 1 aliphatic rings. The first-order valence-corrected chi connectivity index (χ1v) is 12.9. The van der Waals surface area contributed by atoms with E-state index < -0.39 is 0 Å². The first kappa shape index (κ1) is 24.1. The number of ether oxygens (including phenoxy) is 1. The van der Waals surface area contributed by atoms with Crippen molar-refractivity contribution >= 4 is 22.6 Å². The summed E-state index contributed by atoms with van der Waals surface area (Å²) in [6.07, 6.45) is 2.43. The van der Waals surface area contributed by atoms with Crippen molar-refractivity contribution in [3.63, 3.8) is 0 Å². The number of fused-ring (bicyclic) bond motifs is 1. The number of aromatic nitrogens is 2. The van der Waals surface area contributed by atoms with E-state index >= 15 is 0 Å². The second kappa shape index (κ2) is 10.2. The molecule has 0 saturated carbocycles. The number of carbonyl (C=O) groups excluding carboxylic acids is 1. The predicted octanol–water partition coefficient (Wildman–Crippen LogP) is 6.65. The minimum Gasteiger partial charge on any atom is -0.493 e. The summed E-state index contributed by atoms with van der Waals surface area (Å²) in [4.78, 5) is 20.1. The summed E-state index contributed by atoms with van der Waals surface area (Å²) in [6, 6.07) is 20.9. The Bertz CT molecular complexity index is 1400. The molecule has 0 radical (unpaired) electrons. The number of benzene rings is 3. The van der Waals surface area contributed by atoms with E-state index in [4.69, 9.17) is 9.72 Å². The standard InChI is InChI=1S/C31H35N3O2/c1-21-11-13-23(3)28(17-21)34-20-25(19-30(34)35)31-32-26-9-5-6-10-27(26)33(31)15-7-8-16-36-29-18-22(2)12-14-24(29)4/h5-6,9-14,17-18,25H,7-8,15-16,19-20H2,1-4H3. The number of imidazole rings is 1. The van der Waals surface area contributed by atoms with Crippen molar-refractivity contribution in [1.29, 1.82) is 0 Å². The van der Waals surface area contributed by atoms with Crippen LogP contribution in [0, 0.1) is 27.7 Å². The van der Waals surface area contributed by atoms with E-state index in [0.717, 1.165) is 53.2 Å². The fourth-order valence-corrected chi connectivity index (χ4v) is 5.18. The maximum atomic E-state index is 13.1. The van der Waals surface area contributed by atoms with Crippen LogP contribution in [-0.2, 0) is 11.3 Å². The molecule has 1 amide bonds. The minimum absolute atomic E-state index is 0.0796. The van der Waals surface area contributed by atoms with Crippen LogP contribution in [0.15, 0.2) is 60.7 Å². The number of hydrogen-bond donors (Lipinski definition) is 0. The zero-order valence-corrected chi connectivity index (χ0v) is 21.8. The van der Waals surface area contributed by atoms with Crippen LogP contribution in [0.4, 0.5) is 5.69 Å². The van der Waals surface area contributed by atoms with E-state index in [1.165, 1.54) is 16.7 Å². The summed E-state index contributed by atoms with van der Waals surface area (Å²) in [6.45, 7) is 10.5. The molecule has 5 heteroatoms. The van der Waals surface area contributed by atoms with Crippen LogP contribution in [0.1, 0.15) is 53.3 Å². The second-order valence-corrected chi connectivity index (χ2v) is 10.1. The van der Waals surface area contributed by atoms with Gasteiger partial charge >= 0.3 is 0 Å². The Balaban J connectivity index is 1.31. The second-order valence-electron chi connectivity index (χ2n) is 10.1. The number of anilines is 1. The lowest BCUT2D eigenvalue weighted by atomic mass is 10.1. The molecule has 1 aromatic heterocycles. The van der Waals surface area contributed by atoms with Gasteiger partial charge in [0, 0.05) is 31.1 Å². The molecular formula is C31H35N3O2. The van der Waals surface area contributed by atoms with Gasteiger partial charge in [0.25, 0.3) is 0 Å². The smallest absolute Gasteiger partial charge is 0.227 e. The lowest BCUT2D eigenvalue weighted by Gasteiger charge is -2.20. The molecule has 4 aromatic rings. The summed E-state index contributed by atoms with van der Waals surface area (Å²) >= 11 is 0. The summed E-state index contributed by atoms with van der Waals surface area (Å²) in [5.74, 6) is 2.25. The first-order chi connectivity index (χ1) is 17.4. The summed E-state index contributed by atoms with van der Waals surface area (Å²) in [5, 5.41) is 0. The molecule has 0 spiro atoms. The zero-order valence-electron chi connectivity index (χ0n) is 21.8. The maximum Gasteiger partial charge on any atom is 0.227 e. The van der Waals surface area contributed by atoms with Crippen LogP contribution < -0.4 is 9.64 Å². The summed E-state index contributed by atoms with van der Waals surface area (Å²) in [5.41, 5.74) is 7.84. The van der Waals surface area contributed by atoms with Crippen molar-refractivity contribution in [3.05, 3.63) is 88.7 Å². The minimum atomic E-state index is 0.0796. The van der Waals surface area contributed by atoms with Crippen LogP contribution in [-0.4, -0.2) is 28.6 Å². The van der Waals surface area contributed by atoms with Gasteiger partial charge in [0.1, 0.15) is 11.6 Å². The van der Waals surface area contributed by atoms with Crippen molar-refractivity contribution < 1.29 is 9.53 Å². The quantitative estimate of drug-likeness (QED) is 0.265. The van der Waals surface area contributed by atoms with Crippen molar-refractivity contribution in [3.8, 4) is 5.75 Å². The molecule has 186 valence electrons. The predicted molar refractivity (Wildman–Crippen MR) is 146 cm³/mol. The summed E-state index contributed by atoms with van der Waals surface area (Å²) in [7, 11) is 0. The van der Waals surface area contributed by atoms with Gasteiger partial charge in [-0.3, -0.25) is 4.79 Å². The first-order valence-electron chi connectivity index (χ1n) is 12.9. The van der Waals surface area contributed by atoms with Gasteiger partial charge in [0.05, 0.1) is 17.6 Å². The molecule has 0 aliphatic carbocycles. The lowest BCUT2D eigenvalue weighted by Crippen LogP contribution is -2.25. The monoisotopic (exact) mass is 481 g/mol. The average molecular weight is 482 g/mol. The number of para-hydroxylation sites is 2. The van der Waals surface area contributed by atoms with Gasteiger partial charge in [-0.25, -0.2) is 4.98 Å².